The van der Waals surface area contributed by atoms with Gasteiger partial charge in [0.05, 0.1) is 12.4 Å². The molecule has 0 radical (unpaired) electrons. The predicted octanol–water partition coefficient (Wildman–Crippen LogP) is 4.43. The number of para-hydroxylation sites is 1. The molecule has 1 aliphatic carbocycles. The van der Waals surface area contributed by atoms with Crippen molar-refractivity contribution in [3.05, 3.63) is 83.9 Å². The van der Waals surface area contributed by atoms with E-state index in [1.54, 1.807) is 0 Å². The van der Waals surface area contributed by atoms with E-state index in [2.05, 4.69) is 73.7 Å². The van der Waals surface area contributed by atoms with Crippen LogP contribution >= 0.6 is 0 Å². The number of aliphatic imine (C=N–C) groups is 1. The van der Waals surface area contributed by atoms with Gasteiger partial charge in [0.1, 0.15) is 11.4 Å². The van der Waals surface area contributed by atoms with Gasteiger partial charge in [-0.2, -0.15) is 0 Å². The summed E-state index contributed by atoms with van der Waals surface area (Å²) >= 11 is 0. The number of fused-ring (bicyclic) bond motifs is 1. The average molecular weight is 430 g/mol. The minimum atomic E-state index is -0.0352. The van der Waals surface area contributed by atoms with Crippen LogP contribution in [0, 0.1) is 0 Å². The summed E-state index contributed by atoms with van der Waals surface area (Å²) in [6.45, 7) is 1.54. The molecular formula is C26H31N5O. The summed E-state index contributed by atoms with van der Waals surface area (Å²) in [5, 5.41) is 7.19. The number of imidazole rings is 1. The summed E-state index contributed by atoms with van der Waals surface area (Å²) in [5.74, 6) is 1.83. The van der Waals surface area contributed by atoms with Crippen LogP contribution in [-0.4, -0.2) is 28.2 Å². The van der Waals surface area contributed by atoms with Crippen LogP contribution in [0.5, 0.6) is 5.75 Å². The predicted molar refractivity (Wildman–Crippen MR) is 127 cm³/mol. The first kappa shape index (κ1) is 20.6. The highest BCUT2D eigenvalue weighted by Gasteiger charge is 2.43. The smallest absolute Gasteiger partial charge is 0.191 e. The molecule has 2 aromatic carbocycles. The Bertz CT molecular complexity index is 1070. The first-order valence-corrected chi connectivity index (χ1v) is 11.5. The summed E-state index contributed by atoms with van der Waals surface area (Å²) in [7, 11) is 1.83. The molecule has 6 heteroatoms. The van der Waals surface area contributed by atoms with Gasteiger partial charge in [0.25, 0.3) is 0 Å². The van der Waals surface area contributed by atoms with E-state index in [-0.39, 0.29) is 11.6 Å². The lowest BCUT2D eigenvalue weighted by atomic mass is 9.86. The number of aromatic nitrogens is 2. The molecule has 2 N–H and O–H groups in total. The number of hydrogen-bond donors (Lipinski definition) is 2. The summed E-state index contributed by atoms with van der Waals surface area (Å²) in [5.41, 5.74) is 3.67. The van der Waals surface area contributed by atoms with Crippen LogP contribution in [0.3, 0.4) is 0 Å². The Labute approximate surface area is 189 Å². The van der Waals surface area contributed by atoms with Gasteiger partial charge in [0.15, 0.2) is 5.96 Å². The summed E-state index contributed by atoms with van der Waals surface area (Å²) in [4.78, 5) is 8.64. The number of guanidine groups is 1. The monoisotopic (exact) mass is 429 g/mol. The highest BCUT2D eigenvalue weighted by molar-refractivity contribution is 5.80. The molecule has 0 bridgehead atoms. The molecule has 1 saturated carbocycles. The van der Waals surface area contributed by atoms with Gasteiger partial charge in [-0.1, -0.05) is 42.5 Å². The van der Waals surface area contributed by atoms with Gasteiger partial charge in [-0.3, -0.25) is 4.99 Å². The highest BCUT2D eigenvalue weighted by atomic mass is 16.5. The number of hydrogen-bond acceptors (Lipinski definition) is 3. The second-order valence-electron chi connectivity index (χ2n) is 8.91. The fraction of sp³-hybridized carbons (Fsp3) is 0.385. The van der Waals surface area contributed by atoms with Gasteiger partial charge in [-0.15, -0.1) is 0 Å². The second-order valence-corrected chi connectivity index (χ2v) is 8.91. The zero-order chi connectivity index (χ0) is 21.8. The lowest BCUT2D eigenvalue weighted by molar-refractivity contribution is 0.0396. The van der Waals surface area contributed by atoms with Crippen LogP contribution < -0.4 is 15.4 Å². The maximum Gasteiger partial charge on any atom is 0.191 e. The molecule has 1 unspecified atom stereocenters. The molecule has 1 fully saturated rings. The van der Waals surface area contributed by atoms with Crippen molar-refractivity contribution in [2.24, 2.45) is 4.99 Å². The van der Waals surface area contributed by atoms with E-state index in [0.29, 0.717) is 6.54 Å². The Hall–Kier alpha value is -3.28. The Morgan fingerprint density at radius 3 is 2.81 bits per heavy atom. The Morgan fingerprint density at radius 2 is 2.00 bits per heavy atom. The molecule has 5 rings (SSSR count). The molecule has 166 valence electrons. The first-order chi connectivity index (χ1) is 15.7. The summed E-state index contributed by atoms with van der Waals surface area (Å²) in [6.07, 6.45) is 11.4. The Kier molecular flexibility index (Phi) is 5.84. The van der Waals surface area contributed by atoms with Crippen molar-refractivity contribution in [1.82, 2.24) is 20.2 Å². The molecule has 1 aromatic heterocycles. The van der Waals surface area contributed by atoms with Crippen LogP contribution in [0.25, 0.3) is 0 Å². The van der Waals surface area contributed by atoms with Crippen molar-refractivity contribution >= 4 is 5.96 Å². The van der Waals surface area contributed by atoms with Crippen LogP contribution in [0.2, 0.25) is 0 Å². The van der Waals surface area contributed by atoms with Gasteiger partial charge >= 0.3 is 0 Å². The van der Waals surface area contributed by atoms with Gasteiger partial charge in [-0.05, 0) is 42.9 Å². The van der Waals surface area contributed by atoms with Crippen molar-refractivity contribution in [2.45, 2.75) is 56.8 Å². The van der Waals surface area contributed by atoms with Gasteiger partial charge in [0, 0.05) is 44.5 Å². The third-order valence-electron chi connectivity index (χ3n) is 6.62. The van der Waals surface area contributed by atoms with Crippen molar-refractivity contribution in [1.29, 1.82) is 0 Å². The van der Waals surface area contributed by atoms with Gasteiger partial charge in [-0.25, -0.2) is 4.98 Å². The topological polar surface area (TPSA) is 63.5 Å². The second kappa shape index (κ2) is 9.07. The van der Waals surface area contributed by atoms with Crippen LogP contribution in [0.4, 0.5) is 0 Å². The van der Waals surface area contributed by atoms with Gasteiger partial charge < -0.3 is 19.9 Å². The molecule has 1 atom stereocenters. The molecule has 0 amide bonds. The number of rotatable bonds is 5. The first-order valence-electron chi connectivity index (χ1n) is 11.5. The Morgan fingerprint density at radius 1 is 1.16 bits per heavy atom. The average Bonchev–Trinajstić information content (AvgIpc) is 3.49. The molecular weight excluding hydrogens is 398 g/mol. The minimum absolute atomic E-state index is 0.0352. The quantitative estimate of drug-likeness (QED) is 0.465. The van der Waals surface area contributed by atoms with Crippen molar-refractivity contribution in [3.8, 4) is 5.75 Å². The SMILES string of the molecule is CN=C(NCc1cccc(Cn2ccnc2)c1)NC1CC2(CCCC2)Oc2ccccc21. The maximum atomic E-state index is 6.50. The largest absolute Gasteiger partial charge is 0.487 e. The van der Waals surface area contributed by atoms with E-state index >= 15 is 0 Å². The summed E-state index contributed by atoms with van der Waals surface area (Å²) in [6, 6.07) is 17.3. The lowest BCUT2D eigenvalue weighted by Gasteiger charge is -2.40. The van der Waals surface area contributed by atoms with Crippen LogP contribution in [0.15, 0.2) is 72.2 Å². The van der Waals surface area contributed by atoms with E-state index in [1.807, 2.05) is 25.8 Å². The van der Waals surface area contributed by atoms with Crippen LogP contribution in [-0.2, 0) is 13.1 Å². The molecule has 2 heterocycles. The zero-order valence-electron chi connectivity index (χ0n) is 18.6. The Balaban J connectivity index is 1.26. The van der Waals surface area contributed by atoms with Gasteiger partial charge in [0.2, 0.25) is 0 Å². The normalized spacial score (nSPS) is 19.4. The highest BCUT2D eigenvalue weighted by Crippen LogP contribution is 2.46. The van der Waals surface area contributed by atoms with E-state index in [9.17, 15) is 0 Å². The van der Waals surface area contributed by atoms with E-state index < -0.39 is 0 Å². The molecule has 2 aliphatic rings. The van der Waals surface area contributed by atoms with E-state index in [4.69, 9.17) is 4.74 Å². The molecule has 0 saturated heterocycles. The molecule has 1 aliphatic heterocycles. The number of nitrogens with zero attached hydrogens (tertiary/aromatic N) is 3. The molecule has 6 nitrogen and oxygen atoms in total. The third-order valence-corrected chi connectivity index (χ3v) is 6.62. The van der Waals surface area contributed by atoms with Crippen LogP contribution in [0.1, 0.15) is 54.8 Å². The van der Waals surface area contributed by atoms with E-state index in [0.717, 1.165) is 37.5 Å². The molecule has 1 spiro atoms. The number of nitrogens with one attached hydrogen (secondary N) is 2. The summed E-state index contributed by atoms with van der Waals surface area (Å²) < 4.78 is 8.58. The molecule has 3 aromatic rings. The maximum absolute atomic E-state index is 6.50. The lowest BCUT2D eigenvalue weighted by Crippen LogP contribution is -2.46. The number of benzene rings is 2. The van der Waals surface area contributed by atoms with Crippen molar-refractivity contribution in [3.63, 3.8) is 0 Å². The van der Waals surface area contributed by atoms with E-state index in [1.165, 1.54) is 29.5 Å². The minimum Gasteiger partial charge on any atom is -0.487 e. The third kappa shape index (κ3) is 4.49. The van der Waals surface area contributed by atoms with Crippen molar-refractivity contribution < 1.29 is 4.74 Å². The molecule has 32 heavy (non-hydrogen) atoms. The zero-order valence-corrected chi connectivity index (χ0v) is 18.6. The fourth-order valence-electron chi connectivity index (χ4n) is 5.05. The fourth-order valence-corrected chi connectivity index (χ4v) is 5.05. The van der Waals surface area contributed by atoms with Crippen molar-refractivity contribution in [2.75, 3.05) is 7.05 Å². The standard InChI is InChI=1S/C26H31N5O/c1-27-25(29-17-20-7-6-8-21(15-20)18-31-14-13-28-19-31)30-23-16-26(11-4-5-12-26)32-24-10-3-2-9-22(23)24/h2-3,6-10,13-15,19,23H,4-5,11-12,16-18H2,1H3,(H2,27,29,30). The number of ether oxygens (including phenoxy) is 1.